The lowest BCUT2D eigenvalue weighted by molar-refractivity contribution is -0.131. The van der Waals surface area contributed by atoms with Crippen molar-refractivity contribution in [3.63, 3.8) is 0 Å². The fourth-order valence-corrected chi connectivity index (χ4v) is 3.35. The topological polar surface area (TPSA) is 62.2 Å². The average molecular weight is 334 g/mol. The number of aliphatic hydroxyl groups is 1. The number of hydrogen-bond acceptors (Lipinski definition) is 5. The van der Waals surface area contributed by atoms with Crippen molar-refractivity contribution in [3.8, 4) is 0 Å². The molecular formula is C18H26N2O4. The van der Waals surface area contributed by atoms with Gasteiger partial charge in [-0.2, -0.15) is 0 Å². The highest BCUT2D eigenvalue weighted by Gasteiger charge is 2.39. The summed E-state index contributed by atoms with van der Waals surface area (Å²) in [6.07, 6.45) is 1.07. The maximum absolute atomic E-state index is 12.5. The number of anilines is 1. The minimum absolute atomic E-state index is 0.0540. The van der Waals surface area contributed by atoms with Crippen LogP contribution in [0.25, 0.3) is 0 Å². The molecule has 3 rings (SSSR count). The van der Waals surface area contributed by atoms with Gasteiger partial charge in [0, 0.05) is 32.4 Å². The van der Waals surface area contributed by atoms with Crippen LogP contribution in [0.15, 0.2) is 24.3 Å². The molecule has 132 valence electrons. The van der Waals surface area contributed by atoms with Crippen LogP contribution in [0.1, 0.15) is 12.0 Å². The minimum Gasteiger partial charge on any atom is -0.393 e. The van der Waals surface area contributed by atoms with E-state index in [1.807, 2.05) is 12.1 Å². The van der Waals surface area contributed by atoms with Gasteiger partial charge in [0.15, 0.2) is 0 Å². The van der Waals surface area contributed by atoms with Gasteiger partial charge in [-0.25, -0.2) is 0 Å². The van der Waals surface area contributed by atoms with Gasteiger partial charge in [-0.05, 0) is 24.1 Å². The summed E-state index contributed by atoms with van der Waals surface area (Å²) in [5, 5.41) is 9.48. The second kappa shape index (κ2) is 7.51. The molecule has 2 saturated heterocycles. The van der Waals surface area contributed by atoms with Crippen LogP contribution in [0.4, 0.5) is 5.69 Å². The fourth-order valence-electron chi connectivity index (χ4n) is 3.35. The summed E-state index contributed by atoms with van der Waals surface area (Å²) in [6, 6.07) is 8.19. The fraction of sp³-hybridized carbons (Fsp3) is 0.611. The zero-order valence-corrected chi connectivity index (χ0v) is 14.2. The van der Waals surface area contributed by atoms with Crippen molar-refractivity contribution < 1.29 is 19.4 Å². The Labute approximate surface area is 143 Å². The lowest BCUT2D eigenvalue weighted by atomic mass is 10.1. The third-order valence-corrected chi connectivity index (χ3v) is 5.06. The summed E-state index contributed by atoms with van der Waals surface area (Å²) in [7, 11) is 1.59. The van der Waals surface area contributed by atoms with Crippen molar-refractivity contribution in [2.24, 2.45) is 0 Å². The van der Waals surface area contributed by atoms with Crippen LogP contribution in [-0.4, -0.2) is 74.6 Å². The molecule has 0 spiro atoms. The molecule has 1 aromatic rings. The van der Waals surface area contributed by atoms with Crippen LogP contribution in [0.5, 0.6) is 0 Å². The van der Waals surface area contributed by atoms with Gasteiger partial charge in [0.2, 0.25) is 5.91 Å². The van der Waals surface area contributed by atoms with Crippen LogP contribution in [0, 0.1) is 0 Å². The molecule has 0 aromatic heterocycles. The molecule has 1 N–H and O–H groups in total. The molecule has 6 heteroatoms. The number of aliphatic hydroxyl groups excluding tert-OH is 1. The van der Waals surface area contributed by atoms with Gasteiger partial charge in [-0.1, -0.05) is 12.1 Å². The van der Waals surface area contributed by atoms with Gasteiger partial charge < -0.3 is 24.4 Å². The van der Waals surface area contributed by atoms with Crippen LogP contribution < -0.4 is 4.90 Å². The minimum atomic E-state index is -0.587. The molecule has 1 aromatic carbocycles. The number of morpholine rings is 1. The number of carbonyl (C=O) groups is 1. The van der Waals surface area contributed by atoms with E-state index in [4.69, 9.17) is 9.47 Å². The maximum atomic E-state index is 12.5. The number of nitrogens with zero attached hydrogens (tertiary/aromatic N) is 2. The molecule has 2 fully saturated rings. The number of hydrogen-bond donors (Lipinski definition) is 1. The average Bonchev–Trinajstić information content (AvgIpc) is 3.08. The Balaban J connectivity index is 1.57. The predicted octanol–water partition coefficient (Wildman–Crippen LogP) is 0.675. The van der Waals surface area contributed by atoms with Crippen molar-refractivity contribution >= 4 is 11.6 Å². The first kappa shape index (κ1) is 17.2. The van der Waals surface area contributed by atoms with Gasteiger partial charge in [0.25, 0.3) is 0 Å². The summed E-state index contributed by atoms with van der Waals surface area (Å²) < 4.78 is 10.8. The van der Waals surface area contributed by atoms with Crippen LogP contribution in [-0.2, 0) is 20.7 Å². The predicted molar refractivity (Wildman–Crippen MR) is 91.2 cm³/mol. The standard InChI is InChI=1S/C18H26N2O4/c1-23-18(14-21)6-7-20(13-18)17(22)12-15-2-4-16(5-3-15)19-8-10-24-11-9-19/h2-5,21H,6-14H2,1H3. The molecule has 1 amide bonds. The molecule has 2 aliphatic heterocycles. The first-order chi connectivity index (χ1) is 11.7. The van der Waals surface area contributed by atoms with Crippen molar-refractivity contribution in [2.45, 2.75) is 18.4 Å². The first-order valence-corrected chi connectivity index (χ1v) is 8.51. The van der Waals surface area contributed by atoms with Crippen LogP contribution >= 0.6 is 0 Å². The quantitative estimate of drug-likeness (QED) is 0.858. The Kier molecular flexibility index (Phi) is 5.38. The SMILES string of the molecule is COC1(CO)CCN(C(=O)Cc2ccc(N3CCOCC3)cc2)C1. The smallest absolute Gasteiger partial charge is 0.227 e. The van der Waals surface area contributed by atoms with Gasteiger partial charge in [-0.15, -0.1) is 0 Å². The van der Waals surface area contributed by atoms with E-state index in [0.717, 1.165) is 31.9 Å². The van der Waals surface area contributed by atoms with E-state index in [2.05, 4.69) is 17.0 Å². The third-order valence-electron chi connectivity index (χ3n) is 5.06. The lowest BCUT2D eigenvalue weighted by Gasteiger charge is -2.29. The zero-order valence-electron chi connectivity index (χ0n) is 14.2. The van der Waals surface area contributed by atoms with E-state index in [-0.39, 0.29) is 12.5 Å². The van der Waals surface area contributed by atoms with E-state index >= 15 is 0 Å². The summed E-state index contributed by atoms with van der Waals surface area (Å²) in [5.41, 5.74) is 1.60. The Bertz CT molecular complexity index is 551. The molecular weight excluding hydrogens is 308 g/mol. The summed E-state index contributed by atoms with van der Waals surface area (Å²) in [5.74, 6) is 0.0847. The van der Waals surface area contributed by atoms with Crippen molar-refractivity contribution in [1.29, 1.82) is 0 Å². The highest BCUT2D eigenvalue weighted by molar-refractivity contribution is 5.79. The van der Waals surface area contributed by atoms with Gasteiger partial charge in [0.1, 0.15) is 5.60 Å². The highest BCUT2D eigenvalue weighted by atomic mass is 16.5. The van der Waals surface area contributed by atoms with Gasteiger partial charge >= 0.3 is 0 Å². The number of rotatable bonds is 5. The zero-order chi connectivity index (χ0) is 17.0. The largest absolute Gasteiger partial charge is 0.393 e. The molecule has 0 radical (unpaired) electrons. The Morgan fingerprint density at radius 3 is 2.54 bits per heavy atom. The van der Waals surface area contributed by atoms with E-state index in [1.165, 1.54) is 5.69 Å². The highest BCUT2D eigenvalue weighted by Crippen LogP contribution is 2.25. The Morgan fingerprint density at radius 1 is 1.25 bits per heavy atom. The molecule has 1 unspecified atom stereocenters. The van der Waals surface area contributed by atoms with E-state index in [1.54, 1.807) is 12.0 Å². The number of benzene rings is 1. The molecule has 1 atom stereocenters. The first-order valence-electron chi connectivity index (χ1n) is 8.51. The molecule has 2 heterocycles. The van der Waals surface area contributed by atoms with Crippen molar-refractivity contribution in [3.05, 3.63) is 29.8 Å². The number of carbonyl (C=O) groups excluding carboxylic acids is 1. The van der Waals surface area contributed by atoms with Crippen molar-refractivity contribution in [1.82, 2.24) is 4.90 Å². The number of methoxy groups -OCH3 is 1. The third kappa shape index (κ3) is 3.71. The Morgan fingerprint density at radius 2 is 1.96 bits per heavy atom. The van der Waals surface area contributed by atoms with Gasteiger partial charge in [-0.3, -0.25) is 4.79 Å². The Hall–Kier alpha value is -1.63. The number of amides is 1. The molecule has 6 nitrogen and oxygen atoms in total. The normalized spacial score (nSPS) is 24.4. The monoisotopic (exact) mass is 334 g/mol. The van der Waals surface area contributed by atoms with Crippen molar-refractivity contribution in [2.75, 3.05) is 58.0 Å². The lowest BCUT2D eigenvalue weighted by Crippen LogP contribution is -2.41. The van der Waals surface area contributed by atoms with E-state index < -0.39 is 5.60 Å². The molecule has 0 saturated carbocycles. The molecule has 2 aliphatic rings. The maximum Gasteiger partial charge on any atom is 0.227 e. The summed E-state index contributed by atoms with van der Waals surface area (Å²) >= 11 is 0. The second-order valence-corrected chi connectivity index (χ2v) is 6.55. The van der Waals surface area contributed by atoms with E-state index in [9.17, 15) is 9.90 Å². The van der Waals surface area contributed by atoms with Crippen LogP contribution in [0.2, 0.25) is 0 Å². The van der Waals surface area contributed by atoms with Gasteiger partial charge in [0.05, 0.1) is 32.8 Å². The molecule has 0 aliphatic carbocycles. The molecule has 0 bridgehead atoms. The number of ether oxygens (including phenoxy) is 2. The second-order valence-electron chi connectivity index (χ2n) is 6.55. The summed E-state index contributed by atoms with van der Waals surface area (Å²) in [4.78, 5) is 16.6. The van der Waals surface area contributed by atoms with E-state index in [0.29, 0.717) is 25.9 Å². The number of likely N-dealkylation sites (tertiary alicyclic amines) is 1. The molecule has 24 heavy (non-hydrogen) atoms. The summed E-state index contributed by atoms with van der Waals surface area (Å²) in [6.45, 7) is 4.40. The van der Waals surface area contributed by atoms with Crippen LogP contribution in [0.3, 0.4) is 0 Å².